The number of hydrogen-bond donors (Lipinski definition) is 2. The molecule has 2 atom stereocenters. The predicted molar refractivity (Wildman–Crippen MR) is 165 cm³/mol. The number of carbonyl (C=O) groups is 3. The average Bonchev–Trinajstić information content (AvgIpc) is 3.48. The van der Waals surface area contributed by atoms with Gasteiger partial charge in [0.25, 0.3) is 5.91 Å². The van der Waals surface area contributed by atoms with Gasteiger partial charge in [0.15, 0.2) is 6.04 Å². The van der Waals surface area contributed by atoms with Gasteiger partial charge >= 0.3 is 11.9 Å². The summed E-state index contributed by atoms with van der Waals surface area (Å²) in [5, 5.41) is 12.0. The summed E-state index contributed by atoms with van der Waals surface area (Å²) in [6, 6.07) is 26.8. The minimum atomic E-state index is -0.996. The van der Waals surface area contributed by atoms with E-state index in [9.17, 15) is 14.4 Å². The summed E-state index contributed by atoms with van der Waals surface area (Å²) in [6.07, 6.45) is 3.98. The van der Waals surface area contributed by atoms with Crippen molar-refractivity contribution in [3.63, 3.8) is 0 Å². The molecule has 4 aromatic rings. The van der Waals surface area contributed by atoms with Crippen molar-refractivity contribution in [2.45, 2.75) is 32.0 Å². The van der Waals surface area contributed by atoms with Crippen molar-refractivity contribution in [3.05, 3.63) is 125 Å². The summed E-state index contributed by atoms with van der Waals surface area (Å²) in [7, 11) is 0. The molecule has 1 aliphatic heterocycles. The summed E-state index contributed by atoms with van der Waals surface area (Å²) in [4.78, 5) is 47.3. The topological polar surface area (TPSA) is 134 Å². The van der Waals surface area contributed by atoms with Gasteiger partial charge in [-0.2, -0.15) is 9.74 Å². The Bertz CT molecular complexity index is 1630. The first-order chi connectivity index (χ1) is 21.4. The highest BCUT2D eigenvalue weighted by atomic mass is 16.2. The standard InChI is InChI=1S/C34H35N7O3/c35-20-27-11-13-29(14-12-27)23-40-25-37-21-30(40)15-16-38-33(43)31-24-39(22-28-9-5-2-6-10-28)17-18-41(31,34(36)44)32(42)19-26-7-3-1-4-8-26/h1-14,21,25,31H,15-19,22-24H2,(H2-,36,38,43,44)/p+1/t31?,41-/m0/s1. The Balaban J connectivity index is 1.31. The van der Waals surface area contributed by atoms with Crippen molar-refractivity contribution < 1.29 is 18.9 Å². The molecule has 3 N–H and O–H groups in total. The molecule has 4 amide bonds. The van der Waals surface area contributed by atoms with E-state index in [4.69, 9.17) is 11.0 Å². The van der Waals surface area contributed by atoms with Crippen LogP contribution in [0.1, 0.15) is 27.9 Å². The molecule has 1 unspecified atom stereocenters. The highest BCUT2D eigenvalue weighted by Crippen LogP contribution is 2.25. The van der Waals surface area contributed by atoms with Crippen LogP contribution < -0.4 is 11.1 Å². The fourth-order valence-corrected chi connectivity index (χ4v) is 5.81. The number of primary amides is 1. The van der Waals surface area contributed by atoms with Crippen LogP contribution in [0.15, 0.2) is 97.5 Å². The molecule has 1 aromatic heterocycles. The molecule has 1 saturated heterocycles. The van der Waals surface area contributed by atoms with Crippen molar-refractivity contribution in [1.29, 1.82) is 5.26 Å². The van der Waals surface area contributed by atoms with Crippen LogP contribution in [-0.4, -0.2) is 69.0 Å². The molecule has 2 heterocycles. The smallest absolute Gasteiger partial charge is 0.350 e. The number of carbonyl (C=O) groups excluding carboxylic acids is 3. The fourth-order valence-electron chi connectivity index (χ4n) is 5.81. The summed E-state index contributed by atoms with van der Waals surface area (Å²) < 4.78 is 1.27. The number of hydrogen-bond acceptors (Lipinski definition) is 6. The molecular weight excluding hydrogens is 554 g/mol. The van der Waals surface area contributed by atoms with Gasteiger partial charge in [-0.1, -0.05) is 72.8 Å². The number of rotatable bonds is 10. The second-order valence-corrected chi connectivity index (χ2v) is 11.1. The highest BCUT2D eigenvalue weighted by molar-refractivity contribution is 5.91. The Morgan fingerprint density at radius 1 is 0.932 bits per heavy atom. The largest absolute Gasteiger partial charge is 0.422 e. The van der Waals surface area contributed by atoms with Gasteiger partial charge in [-0.05, 0) is 28.8 Å². The molecule has 1 fully saturated rings. The summed E-state index contributed by atoms with van der Waals surface area (Å²) >= 11 is 0. The Morgan fingerprint density at radius 2 is 1.59 bits per heavy atom. The summed E-state index contributed by atoms with van der Waals surface area (Å²) in [5.41, 5.74) is 10.4. The van der Waals surface area contributed by atoms with Crippen LogP contribution in [-0.2, 0) is 35.5 Å². The van der Waals surface area contributed by atoms with Crippen LogP contribution in [0.5, 0.6) is 0 Å². The van der Waals surface area contributed by atoms with Crippen LogP contribution in [0, 0.1) is 11.3 Å². The third kappa shape index (κ3) is 6.92. The van der Waals surface area contributed by atoms with Crippen molar-refractivity contribution >= 4 is 17.8 Å². The predicted octanol–water partition coefficient (Wildman–Crippen LogP) is 3.01. The number of imidazole rings is 1. The van der Waals surface area contributed by atoms with Gasteiger partial charge in [0, 0.05) is 44.5 Å². The second kappa shape index (κ2) is 13.9. The van der Waals surface area contributed by atoms with E-state index in [0.29, 0.717) is 38.2 Å². The zero-order valence-electron chi connectivity index (χ0n) is 24.5. The molecule has 0 aliphatic carbocycles. The van der Waals surface area contributed by atoms with E-state index in [-0.39, 0.29) is 31.3 Å². The van der Waals surface area contributed by atoms with Gasteiger partial charge in [0.1, 0.15) is 6.54 Å². The minimum absolute atomic E-state index is 0.000770. The molecule has 10 heteroatoms. The van der Waals surface area contributed by atoms with E-state index in [1.165, 1.54) is 0 Å². The molecule has 224 valence electrons. The molecule has 3 aromatic carbocycles. The maximum atomic E-state index is 13.9. The maximum Gasteiger partial charge on any atom is 0.422 e. The van der Waals surface area contributed by atoms with E-state index in [2.05, 4.69) is 21.3 Å². The number of quaternary nitrogens is 1. The number of nitrogens with zero attached hydrogens (tertiary/aromatic N) is 5. The number of nitrogens with one attached hydrogen (secondary N) is 1. The van der Waals surface area contributed by atoms with Crippen LogP contribution in [0.3, 0.4) is 0 Å². The lowest BCUT2D eigenvalue weighted by Crippen LogP contribution is -2.75. The van der Waals surface area contributed by atoms with Crippen molar-refractivity contribution in [3.8, 4) is 6.07 Å². The quantitative estimate of drug-likeness (QED) is 0.273. The van der Waals surface area contributed by atoms with Crippen LogP contribution in [0.2, 0.25) is 0 Å². The average molecular weight is 591 g/mol. The zero-order chi connectivity index (χ0) is 30.9. The number of benzene rings is 3. The summed E-state index contributed by atoms with van der Waals surface area (Å²) in [5.74, 6) is -0.773. The molecule has 0 saturated carbocycles. The first-order valence-corrected chi connectivity index (χ1v) is 14.7. The maximum absolute atomic E-state index is 13.9. The van der Waals surface area contributed by atoms with E-state index < -0.39 is 16.6 Å². The number of aromatic nitrogens is 2. The van der Waals surface area contributed by atoms with Crippen LogP contribution >= 0.6 is 0 Å². The Labute approximate surface area is 256 Å². The highest BCUT2D eigenvalue weighted by Gasteiger charge is 2.55. The molecule has 0 radical (unpaired) electrons. The fraction of sp³-hybridized carbons (Fsp3) is 0.265. The lowest BCUT2D eigenvalue weighted by Gasteiger charge is -2.44. The van der Waals surface area contributed by atoms with E-state index in [1.54, 1.807) is 24.7 Å². The molecule has 0 spiro atoms. The van der Waals surface area contributed by atoms with Gasteiger partial charge in [-0.15, -0.1) is 0 Å². The van der Waals surface area contributed by atoms with Crippen molar-refractivity contribution in [2.75, 3.05) is 26.2 Å². The van der Waals surface area contributed by atoms with E-state index >= 15 is 0 Å². The van der Waals surface area contributed by atoms with Gasteiger partial charge in [0.2, 0.25) is 0 Å². The first kappa shape index (κ1) is 30.4. The van der Waals surface area contributed by atoms with Crippen molar-refractivity contribution in [1.82, 2.24) is 19.8 Å². The SMILES string of the molecule is N#Cc1ccc(Cn2cncc2CCNC(=O)C2CN(Cc3ccccc3)CC[N@@+]2(C(N)=O)C(=O)Cc2ccccc2)cc1. The number of nitrogens with two attached hydrogens (primary N) is 1. The number of imide groups is 1. The van der Waals surface area contributed by atoms with Gasteiger partial charge in [-0.25, -0.2) is 14.6 Å². The zero-order valence-corrected chi connectivity index (χ0v) is 24.5. The number of nitriles is 1. The third-order valence-corrected chi connectivity index (χ3v) is 8.24. The van der Waals surface area contributed by atoms with E-state index in [1.807, 2.05) is 77.4 Å². The normalized spacial score (nSPS) is 18.3. The Kier molecular flexibility index (Phi) is 9.59. The van der Waals surface area contributed by atoms with Crippen molar-refractivity contribution in [2.24, 2.45) is 5.73 Å². The molecule has 0 bridgehead atoms. The van der Waals surface area contributed by atoms with Crippen LogP contribution in [0.4, 0.5) is 4.79 Å². The van der Waals surface area contributed by atoms with Crippen LogP contribution in [0.25, 0.3) is 0 Å². The number of amides is 4. The number of piperazine rings is 1. The molecule has 44 heavy (non-hydrogen) atoms. The molecule has 5 rings (SSSR count). The van der Waals surface area contributed by atoms with Gasteiger partial charge in [0.05, 0.1) is 30.9 Å². The molecule has 1 aliphatic rings. The molecule has 10 nitrogen and oxygen atoms in total. The third-order valence-electron chi connectivity index (χ3n) is 8.24. The first-order valence-electron chi connectivity index (χ1n) is 14.7. The molecular formula is C34H36N7O3+. The second-order valence-electron chi connectivity index (χ2n) is 11.1. The Morgan fingerprint density at radius 3 is 2.25 bits per heavy atom. The van der Waals surface area contributed by atoms with E-state index in [0.717, 1.165) is 22.4 Å². The monoisotopic (exact) mass is 590 g/mol. The number of urea groups is 1. The summed E-state index contributed by atoms with van der Waals surface area (Å²) in [6.45, 7) is 2.21. The van der Waals surface area contributed by atoms with Gasteiger partial charge in [-0.3, -0.25) is 9.69 Å². The Hall–Kier alpha value is -5.11. The lowest BCUT2D eigenvalue weighted by molar-refractivity contribution is -0.797. The minimum Gasteiger partial charge on any atom is -0.350 e. The lowest BCUT2D eigenvalue weighted by atomic mass is 10.0. The van der Waals surface area contributed by atoms with Gasteiger partial charge < -0.3 is 15.6 Å².